The van der Waals surface area contributed by atoms with Crippen LogP contribution in [0.1, 0.15) is 0 Å². The number of rotatable bonds is 0. The Morgan fingerprint density at radius 3 is 2.91 bits per heavy atom. The van der Waals surface area contributed by atoms with E-state index in [0.717, 1.165) is 0 Å². The number of benzene rings is 1. The van der Waals surface area contributed by atoms with Crippen molar-refractivity contribution in [1.29, 1.82) is 0 Å². The quantitative estimate of drug-likeness (QED) is 0.564. The summed E-state index contributed by atoms with van der Waals surface area (Å²) in [5, 5.41) is 1.25. The Morgan fingerprint density at radius 1 is 1.18 bits per heavy atom. The monoisotopic (exact) mass is 180 g/mol. The first-order chi connectivity index (χ1) is 5.36. The smallest absolute Gasteiger partial charge is 0.0616 e. The minimum absolute atomic E-state index is 1.23. The second-order valence-electron chi connectivity index (χ2n) is 2.23. The van der Waals surface area contributed by atoms with Gasteiger partial charge in [0.15, 0.2) is 11.5 Å². The van der Waals surface area contributed by atoms with Crippen LogP contribution in [-0.2, 0) is 0 Å². The average molecular weight is 180 g/mol. The topological polar surface area (TPSA) is 5.90 Å². The van der Waals surface area contributed by atoms with E-state index in [2.05, 4.69) is 12.1 Å². The molecule has 0 spiro atoms. The summed E-state index contributed by atoms with van der Waals surface area (Å²) in [7, 11) is 0. The van der Waals surface area contributed by atoms with Crippen LogP contribution >= 0.6 is 24.0 Å². The Labute approximate surface area is 73.9 Å². The van der Waals surface area contributed by atoms with Crippen LogP contribution in [-0.4, -0.2) is 0 Å². The van der Waals surface area contributed by atoms with E-state index in [0.29, 0.717) is 0 Å². The van der Waals surface area contributed by atoms with Gasteiger partial charge in [0.2, 0.25) is 6.20 Å². The molecular weight excluding hydrogens is 174 g/mol. The molecule has 0 aliphatic carbocycles. The zero-order chi connectivity index (χ0) is 7.68. The molecule has 0 saturated carbocycles. The highest BCUT2D eigenvalue weighted by Gasteiger charge is 1.95. The Hall–Kier alpha value is -0.800. The maximum absolute atomic E-state index is 4.97. The molecule has 0 radical (unpaired) electrons. The van der Waals surface area contributed by atoms with E-state index in [9.17, 15) is 0 Å². The predicted octanol–water partition coefficient (Wildman–Crippen LogP) is 2.43. The molecule has 2 aromatic rings. The third-order valence-electron chi connectivity index (χ3n) is 1.48. The van der Waals surface area contributed by atoms with Crippen LogP contribution < -0.4 is 3.00 Å². The maximum Gasteiger partial charge on any atom is 0.292 e. The summed E-state index contributed by atoms with van der Waals surface area (Å²) in [6, 6.07) is 10.2. The highest BCUT2D eigenvalue weighted by atomic mass is 32.2. The SMILES string of the molecule is S=[n+]1ccc2ccccc2s1. The Morgan fingerprint density at radius 2 is 2.00 bits per heavy atom. The normalized spacial score (nSPS) is 10.2. The highest BCUT2D eigenvalue weighted by molar-refractivity contribution is 7.67. The molecule has 0 fully saturated rings. The summed E-state index contributed by atoms with van der Waals surface area (Å²) < 4.78 is 2.91. The van der Waals surface area contributed by atoms with E-state index in [-0.39, 0.29) is 0 Å². The lowest BCUT2D eigenvalue weighted by Gasteiger charge is -1.86. The number of hydrogen-bond acceptors (Lipinski definition) is 2. The third kappa shape index (κ3) is 1.29. The molecule has 0 atom stereocenters. The summed E-state index contributed by atoms with van der Waals surface area (Å²) in [6.45, 7) is 0. The first-order valence-corrected chi connectivity index (χ1v) is 4.42. The van der Waals surface area contributed by atoms with Crippen LogP contribution in [0.15, 0.2) is 36.5 Å². The van der Waals surface area contributed by atoms with Crippen molar-refractivity contribution in [3.8, 4) is 0 Å². The molecule has 1 nitrogen and oxygen atoms in total. The van der Waals surface area contributed by atoms with Crippen molar-refractivity contribution >= 4 is 34.0 Å². The lowest BCUT2D eigenvalue weighted by Crippen LogP contribution is -2.01. The number of aromatic nitrogens is 1. The molecule has 0 bridgehead atoms. The molecule has 0 unspecified atom stereocenters. The van der Waals surface area contributed by atoms with Crippen LogP contribution in [0.5, 0.6) is 0 Å². The first kappa shape index (κ1) is 6.88. The van der Waals surface area contributed by atoms with Gasteiger partial charge in [-0.25, -0.2) is 0 Å². The summed E-state index contributed by atoms with van der Waals surface area (Å²) in [5.74, 6) is 0. The second kappa shape index (κ2) is 2.68. The minimum atomic E-state index is 1.23. The molecular formula is C8H6NS2+. The lowest BCUT2D eigenvalue weighted by atomic mass is 10.3. The fourth-order valence-corrected chi connectivity index (χ4v) is 1.97. The highest BCUT2D eigenvalue weighted by Crippen LogP contribution is 2.12. The van der Waals surface area contributed by atoms with Crippen LogP contribution in [0, 0.1) is 0 Å². The van der Waals surface area contributed by atoms with Gasteiger partial charge in [-0.2, -0.15) is 0 Å². The van der Waals surface area contributed by atoms with Crippen molar-refractivity contribution in [3.05, 3.63) is 36.5 Å². The molecule has 0 aliphatic rings. The Kier molecular flexibility index (Phi) is 1.68. The molecule has 2 rings (SSSR count). The number of nitrogens with zero attached hydrogens (tertiary/aromatic N) is 1. The van der Waals surface area contributed by atoms with Gasteiger partial charge in [-0.1, -0.05) is 18.2 Å². The van der Waals surface area contributed by atoms with E-state index in [4.69, 9.17) is 12.4 Å². The van der Waals surface area contributed by atoms with Gasteiger partial charge in [-0.05, 0) is 9.07 Å². The van der Waals surface area contributed by atoms with Gasteiger partial charge >= 0.3 is 0 Å². The number of hydrogen-bond donors (Lipinski definition) is 0. The fraction of sp³-hybridized carbons (Fsp3) is 0. The van der Waals surface area contributed by atoms with E-state index in [1.165, 1.54) is 10.1 Å². The van der Waals surface area contributed by atoms with E-state index < -0.39 is 0 Å². The average Bonchev–Trinajstić information content (AvgIpc) is 2.04. The molecule has 0 N–H and O–H groups in total. The second-order valence-corrected chi connectivity index (χ2v) is 3.87. The standard InChI is InChI=1S/C8H6NS2/c10-9-6-5-7-3-1-2-4-8(7)11-9/h1-6H/q+1. The van der Waals surface area contributed by atoms with E-state index in [1.807, 2.05) is 24.4 Å². The van der Waals surface area contributed by atoms with Gasteiger partial charge in [0.25, 0.3) is 12.4 Å². The molecule has 54 valence electrons. The summed E-state index contributed by atoms with van der Waals surface area (Å²) >= 11 is 6.55. The third-order valence-corrected chi connectivity index (χ3v) is 2.70. The largest absolute Gasteiger partial charge is 0.292 e. The number of fused-ring (bicyclic) bond motifs is 1. The van der Waals surface area contributed by atoms with Gasteiger partial charge in [0, 0.05) is 11.5 Å². The molecule has 3 heteroatoms. The molecule has 1 aromatic heterocycles. The zero-order valence-electron chi connectivity index (χ0n) is 5.73. The van der Waals surface area contributed by atoms with Crippen LogP contribution in [0.2, 0.25) is 0 Å². The molecule has 0 aliphatic heterocycles. The van der Waals surface area contributed by atoms with Gasteiger partial charge in [-0.3, -0.25) is 0 Å². The summed E-state index contributed by atoms with van der Waals surface area (Å²) in [4.78, 5) is 0. The summed E-state index contributed by atoms with van der Waals surface area (Å²) in [5.41, 5.74) is 0. The molecule has 1 aromatic carbocycles. The van der Waals surface area contributed by atoms with Gasteiger partial charge in [0.1, 0.15) is 4.70 Å². The molecule has 0 amide bonds. The predicted molar refractivity (Wildman–Crippen MR) is 49.4 cm³/mol. The van der Waals surface area contributed by atoms with Crippen molar-refractivity contribution < 1.29 is 3.00 Å². The van der Waals surface area contributed by atoms with Crippen LogP contribution in [0.25, 0.3) is 10.1 Å². The van der Waals surface area contributed by atoms with Crippen molar-refractivity contribution in [2.45, 2.75) is 0 Å². The van der Waals surface area contributed by atoms with E-state index in [1.54, 1.807) is 14.5 Å². The van der Waals surface area contributed by atoms with Crippen molar-refractivity contribution in [2.75, 3.05) is 0 Å². The Bertz CT molecular complexity index is 433. The van der Waals surface area contributed by atoms with Gasteiger partial charge in [0.05, 0.1) is 0 Å². The van der Waals surface area contributed by atoms with Crippen LogP contribution in [0.3, 0.4) is 0 Å². The van der Waals surface area contributed by atoms with Crippen LogP contribution in [0.4, 0.5) is 0 Å². The fourth-order valence-electron chi connectivity index (χ4n) is 0.970. The maximum atomic E-state index is 4.97. The molecule has 0 saturated heterocycles. The minimum Gasteiger partial charge on any atom is -0.0616 e. The molecule has 1 heterocycles. The van der Waals surface area contributed by atoms with Gasteiger partial charge < -0.3 is 0 Å². The van der Waals surface area contributed by atoms with Gasteiger partial charge in [-0.15, -0.1) is 0 Å². The molecule has 11 heavy (non-hydrogen) atoms. The first-order valence-electron chi connectivity index (χ1n) is 3.28. The van der Waals surface area contributed by atoms with Crippen molar-refractivity contribution in [2.24, 2.45) is 0 Å². The van der Waals surface area contributed by atoms with Crippen molar-refractivity contribution in [1.82, 2.24) is 0 Å². The Balaban J connectivity index is 2.94. The zero-order valence-corrected chi connectivity index (χ0v) is 7.36. The summed E-state index contributed by atoms with van der Waals surface area (Å²) in [6.07, 6.45) is 1.89. The lowest BCUT2D eigenvalue weighted by molar-refractivity contribution is -0.350. The van der Waals surface area contributed by atoms with Crippen molar-refractivity contribution in [3.63, 3.8) is 0 Å². The van der Waals surface area contributed by atoms with E-state index >= 15 is 0 Å².